The van der Waals surface area contributed by atoms with Crippen LogP contribution in [0.1, 0.15) is 118 Å². The van der Waals surface area contributed by atoms with E-state index in [0.29, 0.717) is 0 Å². The van der Waals surface area contributed by atoms with Gasteiger partial charge in [-0.1, -0.05) is 142 Å². The molecule has 28 heavy (non-hydrogen) atoms. The van der Waals surface area contributed by atoms with Crippen molar-refractivity contribution in [2.45, 2.75) is 142 Å². The third-order valence-electron chi connectivity index (χ3n) is 6.31. The molecule has 172 valence electrons. The first kappa shape index (κ1) is 30.3. The summed E-state index contributed by atoms with van der Waals surface area (Å²) in [5.74, 6) is 0. The van der Waals surface area contributed by atoms with Crippen LogP contribution in [0.25, 0.3) is 0 Å². The van der Waals surface area contributed by atoms with Gasteiger partial charge in [-0.05, 0) is 0 Å². The summed E-state index contributed by atoms with van der Waals surface area (Å²) in [6.07, 6.45) is 20.7. The summed E-state index contributed by atoms with van der Waals surface area (Å²) in [7, 11) is -5.49. The van der Waals surface area contributed by atoms with Crippen molar-refractivity contribution in [3.8, 4) is 0 Å². The lowest BCUT2D eigenvalue weighted by Crippen LogP contribution is -2.30. The second-order valence-electron chi connectivity index (χ2n) is 8.35. The zero-order valence-corrected chi connectivity index (χ0v) is 21.2. The van der Waals surface area contributed by atoms with Crippen molar-refractivity contribution in [1.82, 2.24) is 0 Å². The Morgan fingerprint density at radius 1 is 0.536 bits per heavy atom. The molecule has 0 aromatic rings. The van der Waals surface area contributed by atoms with Crippen molar-refractivity contribution in [1.29, 1.82) is 0 Å². The lowest BCUT2D eigenvalue weighted by molar-refractivity contribution is 0.381. The maximum Gasteiger partial charge on any atom is 0.394 e. The van der Waals surface area contributed by atoms with Gasteiger partial charge in [-0.3, -0.25) is 9.11 Å². The third kappa shape index (κ3) is 24.1. The van der Waals surface area contributed by atoms with Crippen LogP contribution in [0.15, 0.2) is 0 Å². The summed E-state index contributed by atoms with van der Waals surface area (Å²) in [5, 5.41) is 0. The lowest BCUT2D eigenvalue weighted by Gasteiger charge is -2.28. The highest BCUT2D eigenvalue weighted by Crippen LogP contribution is 2.27. The minimum absolute atomic E-state index is 0.820. The Labute approximate surface area is 177 Å². The Kier molecular flexibility index (Phi) is 22.0. The molecule has 6 heteroatoms. The van der Waals surface area contributed by atoms with Crippen LogP contribution in [0.2, 0.25) is 24.2 Å². The normalized spacial score (nSPS) is 11.9. The topological polar surface area (TPSA) is 74.6 Å². The van der Waals surface area contributed by atoms with Crippen molar-refractivity contribution >= 4 is 18.5 Å². The first-order valence-corrected chi connectivity index (χ1v) is 16.2. The van der Waals surface area contributed by atoms with E-state index in [1.54, 1.807) is 6.04 Å². The van der Waals surface area contributed by atoms with Crippen LogP contribution in [0.3, 0.4) is 0 Å². The first-order valence-electron chi connectivity index (χ1n) is 11.9. The molecule has 0 heterocycles. The minimum Gasteiger partial charge on any atom is -0.264 e. The molecule has 0 saturated carbocycles. The molecular weight excluding hydrogens is 388 g/mol. The molecular formula is C22H50O4SSi. The van der Waals surface area contributed by atoms with Gasteiger partial charge in [0.1, 0.15) is 0 Å². The van der Waals surface area contributed by atoms with E-state index in [1.807, 2.05) is 0 Å². The Morgan fingerprint density at radius 2 is 0.786 bits per heavy atom. The first-order chi connectivity index (χ1) is 13.2. The van der Waals surface area contributed by atoms with E-state index in [9.17, 15) is 0 Å². The smallest absolute Gasteiger partial charge is 0.264 e. The molecule has 0 aliphatic carbocycles. The standard InChI is InChI=1S/C22H48Si.H2O4S/c1-5-9-10-11-12-13-14-15-16-17-18-19-20-21-22-23(6-2,7-3)8-4;1-5(2,3)4/h5-22H2,1-4H3;(H2,1,2,3,4). The minimum atomic E-state index is -4.67. The van der Waals surface area contributed by atoms with Gasteiger partial charge in [0, 0.05) is 0 Å². The third-order valence-corrected chi connectivity index (χ3v) is 12.2. The number of hydrogen-bond donors (Lipinski definition) is 2. The van der Waals surface area contributed by atoms with Crippen molar-refractivity contribution < 1.29 is 17.5 Å². The van der Waals surface area contributed by atoms with Gasteiger partial charge < -0.3 is 0 Å². The molecule has 0 radical (unpaired) electrons. The predicted octanol–water partition coefficient (Wildman–Crippen LogP) is 8.32. The van der Waals surface area contributed by atoms with Crippen molar-refractivity contribution in [2.75, 3.05) is 0 Å². The molecule has 2 N–H and O–H groups in total. The number of hydrogen-bond acceptors (Lipinski definition) is 2. The molecule has 0 amide bonds. The molecule has 0 bridgehead atoms. The second-order valence-corrected chi connectivity index (χ2v) is 14.9. The Bertz CT molecular complexity index is 392. The largest absolute Gasteiger partial charge is 0.394 e. The van der Waals surface area contributed by atoms with E-state index in [-0.39, 0.29) is 0 Å². The molecule has 0 aliphatic rings. The van der Waals surface area contributed by atoms with E-state index < -0.39 is 18.5 Å². The van der Waals surface area contributed by atoms with E-state index in [2.05, 4.69) is 27.7 Å². The Hall–Kier alpha value is 0.0869. The summed E-state index contributed by atoms with van der Waals surface area (Å²) in [6.45, 7) is 9.64. The van der Waals surface area contributed by atoms with Crippen LogP contribution in [0.4, 0.5) is 0 Å². The van der Waals surface area contributed by atoms with Crippen LogP contribution in [-0.2, 0) is 10.4 Å². The quantitative estimate of drug-likeness (QED) is 0.128. The van der Waals surface area contributed by atoms with Gasteiger partial charge in [0.25, 0.3) is 0 Å². The summed E-state index contributed by atoms with van der Waals surface area (Å²) in [5.41, 5.74) is 0. The van der Waals surface area contributed by atoms with Gasteiger partial charge in [0.2, 0.25) is 0 Å². The van der Waals surface area contributed by atoms with Crippen molar-refractivity contribution in [2.24, 2.45) is 0 Å². The maximum atomic E-state index is 8.74. The molecule has 0 spiro atoms. The fourth-order valence-corrected chi connectivity index (χ4v) is 7.54. The summed E-state index contributed by atoms with van der Waals surface area (Å²) < 4.78 is 31.6. The Balaban J connectivity index is 0. The van der Waals surface area contributed by atoms with Crippen LogP contribution >= 0.6 is 0 Å². The molecule has 0 unspecified atom stereocenters. The Morgan fingerprint density at radius 3 is 1.04 bits per heavy atom. The van der Waals surface area contributed by atoms with E-state index in [1.165, 1.54) is 108 Å². The zero-order chi connectivity index (χ0) is 21.7. The monoisotopic (exact) mass is 438 g/mol. The van der Waals surface area contributed by atoms with E-state index in [4.69, 9.17) is 17.5 Å². The predicted molar refractivity (Wildman–Crippen MR) is 126 cm³/mol. The lowest BCUT2D eigenvalue weighted by atomic mass is 10.0. The van der Waals surface area contributed by atoms with Crippen LogP contribution in [0, 0.1) is 0 Å². The van der Waals surface area contributed by atoms with Gasteiger partial charge in [-0.25, -0.2) is 0 Å². The number of unbranched alkanes of at least 4 members (excludes halogenated alkanes) is 13. The molecule has 0 aromatic heterocycles. The van der Waals surface area contributed by atoms with Gasteiger partial charge >= 0.3 is 10.4 Å². The fraction of sp³-hybridized carbons (Fsp3) is 1.00. The van der Waals surface area contributed by atoms with Crippen molar-refractivity contribution in [3.63, 3.8) is 0 Å². The van der Waals surface area contributed by atoms with Gasteiger partial charge in [0.05, 0.1) is 8.07 Å². The highest BCUT2D eigenvalue weighted by atomic mass is 32.3. The highest BCUT2D eigenvalue weighted by Gasteiger charge is 2.25. The summed E-state index contributed by atoms with van der Waals surface area (Å²) in [4.78, 5) is 0. The number of rotatable bonds is 18. The zero-order valence-electron chi connectivity index (χ0n) is 19.3. The average molecular weight is 439 g/mol. The average Bonchev–Trinajstić information content (AvgIpc) is 2.64. The molecule has 0 aliphatic heterocycles. The molecule has 0 fully saturated rings. The second kappa shape index (κ2) is 20.4. The van der Waals surface area contributed by atoms with Crippen molar-refractivity contribution in [3.05, 3.63) is 0 Å². The van der Waals surface area contributed by atoms with E-state index >= 15 is 0 Å². The molecule has 0 atom stereocenters. The summed E-state index contributed by atoms with van der Waals surface area (Å²) >= 11 is 0. The van der Waals surface area contributed by atoms with E-state index in [0.717, 1.165) is 0 Å². The summed E-state index contributed by atoms with van der Waals surface area (Å²) in [6, 6.07) is 6.14. The van der Waals surface area contributed by atoms with Crippen LogP contribution in [0.5, 0.6) is 0 Å². The highest BCUT2D eigenvalue weighted by molar-refractivity contribution is 7.79. The molecule has 0 rings (SSSR count). The SMILES string of the molecule is CCCCCCCCCCCCCCCC[Si](CC)(CC)CC.O=S(=O)(O)O. The molecule has 0 aromatic carbocycles. The van der Waals surface area contributed by atoms with Gasteiger partial charge in [0.15, 0.2) is 0 Å². The van der Waals surface area contributed by atoms with Gasteiger partial charge in [-0.2, -0.15) is 8.42 Å². The van der Waals surface area contributed by atoms with Crippen LogP contribution < -0.4 is 0 Å². The molecule has 4 nitrogen and oxygen atoms in total. The molecule has 0 saturated heterocycles. The fourth-order valence-electron chi connectivity index (χ4n) is 3.97. The van der Waals surface area contributed by atoms with Crippen LogP contribution in [-0.4, -0.2) is 25.6 Å². The van der Waals surface area contributed by atoms with Gasteiger partial charge in [-0.15, -0.1) is 0 Å². The maximum absolute atomic E-state index is 8.74.